The highest BCUT2D eigenvalue weighted by molar-refractivity contribution is 6.32. The Balaban J connectivity index is 2.23. The molecule has 5 heteroatoms. The first-order valence-corrected chi connectivity index (χ1v) is 6.35. The van der Waals surface area contributed by atoms with Gasteiger partial charge in [0.25, 0.3) is 0 Å². The van der Waals surface area contributed by atoms with Crippen LogP contribution in [-0.2, 0) is 0 Å². The summed E-state index contributed by atoms with van der Waals surface area (Å²) >= 11 is 6.17. The SMILES string of the molecule is Cc1c(NCCCN)cnn1-c1ccccc1Cl. The first-order chi connectivity index (χ1) is 8.74. The summed E-state index contributed by atoms with van der Waals surface area (Å²) in [6, 6.07) is 7.67. The molecule has 18 heavy (non-hydrogen) atoms. The van der Waals surface area contributed by atoms with Crippen molar-refractivity contribution in [3.8, 4) is 5.69 Å². The summed E-state index contributed by atoms with van der Waals surface area (Å²) in [4.78, 5) is 0. The van der Waals surface area contributed by atoms with Crippen LogP contribution in [0.5, 0.6) is 0 Å². The number of hydrogen-bond acceptors (Lipinski definition) is 3. The van der Waals surface area contributed by atoms with Gasteiger partial charge in [0.2, 0.25) is 0 Å². The van der Waals surface area contributed by atoms with E-state index in [2.05, 4.69) is 10.4 Å². The van der Waals surface area contributed by atoms with Gasteiger partial charge in [0.1, 0.15) is 0 Å². The van der Waals surface area contributed by atoms with Crippen molar-refractivity contribution in [1.29, 1.82) is 0 Å². The van der Waals surface area contributed by atoms with E-state index >= 15 is 0 Å². The monoisotopic (exact) mass is 264 g/mol. The Morgan fingerprint density at radius 3 is 2.89 bits per heavy atom. The zero-order chi connectivity index (χ0) is 13.0. The fraction of sp³-hybridized carbons (Fsp3) is 0.308. The van der Waals surface area contributed by atoms with Gasteiger partial charge in [0, 0.05) is 6.54 Å². The van der Waals surface area contributed by atoms with Crippen molar-refractivity contribution in [2.24, 2.45) is 5.73 Å². The molecule has 1 heterocycles. The summed E-state index contributed by atoms with van der Waals surface area (Å²) in [6.45, 7) is 3.55. The molecule has 2 rings (SSSR count). The summed E-state index contributed by atoms with van der Waals surface area (Å²) in [6.07, 6.45) is 2.76. The summed E-state index contributed by atoms with van der Waals surface area (Å²) in [5, 5.41) is 8.37. The Morgan fingerprint density at radius 1 is 1.39 bits per heavy atom. The van der Waals surface area contributed by atoms with Gasteiger partial charge in [-0.3, -0.25) is 0 Å². The van der Waals surface area contributed by atoms with Gasteiger partial charge < -0.3 is 11.1 Å². The molecule has 0 aliphatic carbocycles. The van der Waals surface area contributed by atoms with E-state index in [1.807, 2.05) is 42.1 Å². The molecule has 0 amide bonds. The van der Waals surface area contributed by atoms with E-state index in [1.54, 1.807) is 0 Å². The third-order valence-electron chi connectivity index (χ3n) is 2.79. The minimum atomic E-state index is 0.685. The third-order valence-corrected chi connectivity index (χ3v) is 3.11. The topological polar surface area (TPSA) is 55.9 Å². The predicted molar refractivity (Wildman–Crippen MR) is 75.5 cm³/mol. The van der Waals surface area contributed by atoms with Gasteiger partial charge in [-0.2, -0.15) is 5.10 Å². The van der Waals surface area contributed by atoms with Crippen LogP contribution in [0.2, 0.25) is 5.02 Å². The fourth-order valence-corrected chi connectivity index (χ4v) is 1.99. The molecular formula is C13H17ClN4. The number of hydrogen-bond donors (Lipinski definition) is 2. The highest BCUT2D eigenvalue weighted by Crippen LogP contribution is 2.23. The third kappa shape index (κ3) is 2.66. The zero-order valence-corrected chi connectivity index (χ0v) is 11.1. The summed E-state index contributed by atoms with van der Waals surface area (Å²) < 4.78 is 1.84. The Hall–Kier alpha value is -1.52. The Labute approximate surface area is 112 Å². The van der Waals surface area contributed by atoms with Crippen LogP contribution in [-0.4, -0.2) is 22.9 Å². The van der Waals surface area contributed by atoms with Crippen LogP contribution in [0.25, 0.3) is 5.69 Å². The smallest absolute Gasteiger partial charge is 0.0835 e. The number of anilines is 1. The molecule has 0 aliphatic rings. The van der Waals surface area contributed by atoms with Gasteiger partial charge in [-0.15, -0.1) is 0 Å². The second kappa shape index (κ2) is 5.89. The van der Waals surface area contributed by atoms with Gasteiger partial charge in [0.05, 0.1) is 28.3 Å². The molecule has 2 aromatic rings. The highest BCUT2D eigenvalue weighted by Gasteiger charge is 2.09. The lowest BCUT2D eigenvalue weighted by Crippen LogP contribution is -2.09. The molecule has 0 unspecified atom stereocenters. The molecule has 0 bridgehead atoms. The van der Waals surface area contributed by atoms with Crippen LogP contribution in [0.1, 0.15) is 12.1 Å². The second-order valence-electron chi connectivity index (χ2n) is 4.08. The highest BCUT2D eigenvalue weighted by atomic mass is 35.5. The summed E-state index contributed by atoms with van der Waals surface area (Å²) in [5.41, 5.74) is 8.42. The molecule has 0 fully saturated rings. The molecule has 1 aromatic carbocycles. The van der Waals surface area contributed by atoms with E-state index < -0.39 is 0 Å². The van der Waals surface area contributed by atoms with E-state index in [0.717, 1.165) is 30.0 Å². The van der Waals surface area contributed by atoms with Crippen molar-refractivity contribution in [2.45, 2.75) is 13.3 Å². The van der Waals surface area contributed by atoms with Crippen LogP contribution in [0.15, 0.2) is 30.5 Å². The van der Waals surface area contributed by atoms with Gasteiger partial charge in [-0.25, -0.2) is 4.68 Å². The maximum Gasteiger partial charge on any atom is 0.0835 e. The van der Waals surface area contributed by atoms with E-state index in [9.17, 15) is 0 Å². The number of rotatable bonds is 5. The number of nitrogens with two attached hydrogens (primary N) is 1. The first-order valence-electron chi connectivity index (χ1n) is 5.97. The fourth-order valence-electron chi connectivity index (χ4n) is 1.77. The van der Waals surface area contributed by atoms with Crippen LogP contribution < -0.4 is 11.1 Å². The van der Waals surface area contributed by atoms with Crippen molar-refractivity contribution < 1.29 is 0 Å². The molecule has 96 valence electrons. The van der Waals surface area contributed by atoms with Crippen molar-refractivity contribution in [2.75, 3.05) is 18.4 Å². The minimum absolute atomic E-state index is 0.685. The lowest BCUT2D eigenvalue weighted by atomic mass is 10.3. The molecule has 0 radical (unpaired) electrons. The van der Waals surface area contributed by atoms with Crippen molar-refractivity contribution in [3.63, 3.8) is 0 Å². The Bertz CT molecular complexity index is 521. The average Bonchev–Trinajstić information content (AvgIpc) is 2.72. The molecule has 0 atom stereocenters. The van der Waals surface area contributed by atoms with E-state index in [4.69, 9.17) is 17.3 Å². The number of aromatic nitrogens is 2. The van der Waals surface area contributed by atoms with E-state index in [-0.39, 0.29) is 0 Å². The molecule has 0 saturated heterocycles. The minimum Gasteiger partial charge on any atom is -0.382 e. The normalized spacial score (nSPS) is 10.6. The predicted octanol–water partition coefficient (Wildman–Crippen LogP) is 2.59. The number of nitrogens with one attached hydrogen (secondary N) is 1. The van der Waals surface area contributed by atoms with Gasteiger partial charge >= 0.3 is 0 Å². The van der Waals surface area contributed by atoms with Crippen LogP contribution >= 0.6 is 11.6 Å². The Morgan fingerprint density at radius 2 is 2.17 bits per heavy atom. The van der Waals surface area contributed by atoms with Crippen molar-refractivity contribution in [3.05, 3.63) is 41.2 Å². The van der Waals surface area contributed by atoms with Crippen LogP contribution in [0.3, 0.4) is 0 Å². The van der Waals surface area contributed by atoms with E-state index in [0.29, 0.717) is 11.6 Å². The molecule has 3 N–H and O–H groups in total. The molecule has 1 aromatic heterocycles. The summed E-state index contributed by atoms with van der Waals surface area (Å²) in [7, 11) is 0. The number of benzene rings is 1. The quantitative estimate of drug-likeness (QED) is 0.816. The molecule has 4 nitrogen and oxygen atoms in total. The molecule has 0 spiro atoms. The first kappa shape index (κ1) is 12.9. The lowest BCUT2D eigenvalue weighted by Gasteiger charge is -2.08. The number of para-hydroxylation sites is 1. The van der Waals surface area contributed by atoms with Gasteiger partial charge in [-0.1, -0.05) is 23.7 Å². The average molecular weight is 265 g/mol. The lowest BCUT2D eigenvalue weighted by molar-refractivity contribution is 0.845. The second-order valence-corrected chi connectivity index (χ2v) is 4.48. The summed E-state index contributed by atoms with van der Waals surface area (Å²) in [5.74, 6) is 0. The molecule has 0 aliphatic heterocycles. The van der Waals surface area contributed by atoms with Crippen LogP contribution in [0.4, 0.5) is 5.69 Å². The maximum atomic E-state index is 6.17. The van der Waals surface area contributed by atoms with Crippen molar-refractivity contribution >= 4 is 17.3 Å². The van der Waals surface area contributed by atoms with Crippen molar-refractivity contribution in [1.82, 2.24) is 9.78 Å². The molecule has 0 saturated carbocycles. The standard InChI is InChI=1S/C13H17ClN4/c1-10-12(16-8-4-7-15)9-17-18(10)13-6-3-2-5-11(13)14/h2-3,5-6,9,16H,4,7-8,15H2,1H3. The Kier molecular flexibility index (Phi) is 4.23. The van der Waals surface area contributed by atoms with Crippen LogP contribution in [0, 0.1) is 6.92 Å². The number of nitrogens with zero attached hydrogens (tertiary/aromatic N) is 2. The van der Waals surface area contributed by atoms with Gasteiger partial charge in [0.15, 0.2) is 0 Å². The largest absolute Gasteiger partial charge is 0.382 e. The zero-order valence-electron chi connectivity index (χ0n) is 10.4. The van der Waals surface area contributed by atoms with Gasteiger partial charge in [-0.05, 0) is 32.0 Å². The number of halogens is 1. The van der Waals surface area contributed by atoms with E-state index in [1.165, 1.54) is 0 Å². The molecular weight excluding hydrogens is 248 g/mol. The maximum absolute atomic E-state index is 6.17.